The Kier molecular flexibility index (Phi) is 6.15. The first-order valence-corrected chi connectivity index (χ1v) is 6.39. The van der Waals surface area contributed by atoms with Crippen molar-refractivity contribution >= 4 is 21.8 Å². The molecule has 1 aromatic heterocycles. The van der Waals surface area contributed by atoms with E-state index in [0.29, 0.717) is 16.9 Å². The van der Waals surface area contributed by atoms with Crippen LogP contribution in [-0.2, 0) is 4.74 Å². The smallest absolute Gasteiger partial charge is 0.270 e. The lowest BCUT2D eigenvalue weighted by Gasteiger charge is -2.16. The molecule has 0 aromatic carbocycles. The molecule has 0 aliphatic rings. The maximum absolute atomic E-state index is 11.9. The van der Waals surface area contributed by atoms with Gasteiger partial charge in [-0.1, -0.05) is 19.4 Å². The van der Waals surface area contributed by atoms with Gasteiger partial charge in [0.2, 0.25) is 0 Å². The van der Waals surface area contributed by atoms with Crippen molar-refractivity contribution in [1.82, 2.24) is 10.3 Å². The maximum Gasteiger partial charge on any atom is 0.270 e. The van der Waals surface area contributed by atoms with Gasteiger partial charge in [-0.05, 0) is 34.5 Å². The largest absolute Gasteiger partial charge is 0.383 e. The van der Waals surface area contributed by atoms with Crippen molar-refractivity contribution < 1.29 is 9.53 Å². The first-order valence-electron chi connectivity index (χ1n) is 5.59. The summed E-state index contributed by atoms with van der Waals surface area (Å²) in [4.78, 5) is 16.0. The van der Waals surface area contributed by atoms with Crippen molar-refractivity contribution in [3.8, 4) is 0 Å². The number of ether oxygens (including phenoxy) is 1. The second-order valence-corrected chi connectivity index (χ2v) is 4.57. The van der Waals surface area contributed by atoms with Crippen LogP contribution >= 0.6 is 15.9 Å². The standard InChI is InChI=1S/C12H17BrN2O2/c1-3-5-9(8-17-2)14-12(16)10-6-4-7-11(13)15-10/h4,6-7,9H,3,5,8H2,1-2H3,(H,14,16). The van der Waals surface area contributed by atoms with Crippen molar-refractivity contribution in [2.45, 2.75) is 25.8 Å². The summed E-state index contributed by atoms with van der Waals surface area (Å²) in [5, 5.41) is 2.92. The molecule has 17 heavy (non-hydrogen) atoms. The van der Waals surface area contributed by atoms with E-state index in [1.807, 2.05) is 0 Å². The van der Waals surface area contributed by atoms with E-state index in [4.69, 9.17) is 4.74 Å². The van der Waals surface area contributed by atoms with Crippen LogP contribution in [-0.4, -0.2) is 30.6 Å². The molecule has 1 heterocycles. The van der Waals surface area contributed by atoms with Gasteiger partial charge in [-0.2, -0.15) is 0 Å². The van der Waals surface area contributed by atoms with Crippen molar-refractivity contribution in [3.05, 3.63) is 28.5 Å². The third kappa shape index (κ3) is 4.83. The number of nitrogens with zero attached hydrogens (tertiary/aromatic N) is 1. The average Bonchev–Trinajstić information content (AvgIpc) is 2.29. The Morgan fingerprint density at radius 1 is 1.59 bits per heavy atom. The van der Waals surface area contributed by atoms with Crippen LogP contribution in [0.3, 0.4) is 0 Å². The molecular weight excluding hydrogens is 284 g/mol. The molecule has 0 bridgehead atoms. The van der Waals surface area contributed by atoms with Gasteiger partial charge in [0, 0.05) is 7.11 Å². The molecule has 4 nitrogen and oxygen atoms in total. The van der Waals surface area contributed by atoms with E-state index in [1.54, 1.807) is 25.3 Å². The zero-order valence-corrected chi connectivity index (χ0v) is 11.7. The summed E-state index contributed by atoms with van der Waals surface area (Å²) in [6, 6.07) is 5.31. The van der Waals surface area contributed by atoms with Crippen LogP contribution in [0.2, 0.25) is 0 Å². The maximum atomic E-state index is 11.9. The summed E-state index contributed by atoms with van der Waals surface area (Å²) in [7, 11) is 1.63. The van der Waals surface area contributed by atoms with Crippen molar-refractivity contribution in [3.63, 3.8) is 0 Å². The van der Waals surface area contributed by atoms with Gasteiger partial charge >= 0.3 is 0 Å². The lowest BCUT2D eigenvalue weighted by molar-refractivity contribution is 0.0886. The Hall–Kier alpha value is -0.940. The number of rotatable bonds is 6. The summed E-state index contributed by atoms with van der Waals surface area (Å²) in [6.07, 6.45) is 1.90. The normalized spacial score (nSPS) is 12.2. The highest BCUT2D eigenvalue weighted by Crippen LogP contribution is 2.07. The predicted molar refractivity (Wildman–Crippen MR) is 70.0 cm³/mol. The predicted octanol–water partition coefficient (Wildman–Crippen LogP) is 2.39. The van der Waals surface area contributed by atoms with Crippen molar-refractivity contribution in [2.24, 2.45) is 0 Å². The fourth-order valence-corrected chi connectivity index (χ4v) is 1.88. The van der Waals surface area contributed by atoms with Gasteiger partial charge in [0.1, 0.15) is 10.3 Å². The van der Waals surface area contributed by atoms with Gasteiger partial charge in [-0.15, -0.1) is 0 Å². The van der Waals surface area contributed by atoms with Crippen LogP contribution in [0.25, 0.3) is 0 Å². The zero-order valence-electron chi connectivity index (χ0n) is 10.1. The highest BCUT2D eigenvalue weighted by Gasteiger charge is 2.13. The molecule has 0 spiro atoms. The topological polar surface area (TPSA) is 51.2 Å². The molecule has 0 saturated heterocycles. The molecular formula is C12H17BrN2O2. The first-order chi connectivity index (χ1) is 8.17. The molecule has 5 heteroatoms. The third-order valence-corrected chi connectivity index (χ3v) is 2.73. The van der Waals surface area contributed by atoms with Crippen LogP contribution in [0.5, 0.6) is 0 Å². The Morgan fingerprint density at radius 3 is 2.94 bits per heavy atom. The van der Waals surface area contributed by atoms with Crippen LogP contribution in [0.4, 0.5) is 0 Å². The van der Waals surface area contributed by atoms with Gasteiger partial charge < -0.3 is 10.1 Å². The van der Waals surface area contributed by atoms with E-state index in [9.17, 15) is 4.79 Å². The van der Waals surface area contributed by atoms with Crippen LogP contribution in [0.1, 0.15) is 30.3 Å². The highest BCUT2D eigenvalue weighted by molar-refractivity contribution is 9.10. The van der Waals surface area contributed by atoms with E-state index in [-0.39, 0.29) is 11.9 Å². The van der Waals surface area contributed by atoms with Gasteiger partial charge in [-0.3, -0.25) is 4.79 Å². The number of nitrogens with one attached hydrogen (secondary N) is 1. The number of aromatic nitrogens is 1. The molecule has 0 saturated carbocycles. The van der Waals surface area contributed by atoms with Gasteiger partial charge in [0.25, 0.3) is 5.91 Å². The molecule has 1 aromatic rings. The number of carbonyl (C=O) groups excluding carboxylic acids is 1. The monoisotopic (exact) mass is 300 g/mol. The summed E-state index contributed by atoms with van der Waals surface area (Å²) < 4.78 is 5.73. The lowest BCUT2D eigenvalue weighted by atomic mass is 10.1. The Labute approximate surface area is 110 Å². The lowest BCUT2D eigenvalue weighted by Crippen LogP contribution is -2.38. The molecule has 94 valence electrons. The van der Waals surface area contributed by atoms with Gasteiger partial charge in [0.15, 0.2) is 0 Å². The van der Waals surface area contributed by atoms with Crippen LogP contribution in [0.15, 0.2) is 22.8 Å². The number of methoxy groups -OCH3 is 1. The van der Waals surface area contributed by atoms with Crippen molar-refractivity contribution in [2.75, 3.05) is 13.7 Å². The fourth-order valence-electron chi connectivity index (χ4n) is 1.54. The second-order valence-electron chi connectivity index (χ2n) is 3.76. The molecule has 0 radical (unpaired) electrons. The minimum Gasteiger partial charge on any atom is -0.383 e. The summed E-state index contributed by atoms with van der Waals surface area (Å²) in [6.45, 7) is 2.60. The molecule has 0 fully saturated rings. The van der Waals surface area contributed by atoms with E-state index in [1.165, 1.54) is 0 Å². The van der Waals surface area contributed by atoms with E-state index in [0.717, 1.165) is 12.8 Å². The number of hydrogen-bond donors (Lipinski definition) is 1. The molecule has 1 amide bonds. The summed E-state index contributed by atoms with van der Waals surface area (Å²) in [5.41, 5.74) is 0.414. The minimum atomic E-state index is -0.165. The SMILES string of the molecule is CCCC(COC)NC(=O)c1cccc(Br)n1. The summed E-state index contributed by atoms with van der Waals surface area (Å²) in [5.74, 6) is -0.165. The Bertz CT molecular complexity index is 365. The average molecular weight is 301 g/mol. The van der Waals surface area contributed by atoms with Crippen LogP contribution < -0.4 is 5.32 Å². The molecule has 1 atom stereocenters. The highest BCUT2D eigenvalue weighted by atomic mass is 79.9. The van der Waals surface area contributed by atoms with Crippen LogP contribution in [0, 0.1) is 0 Å². The number of carbonyl (C=O) groups is 1. The Balaban J connectivity index is 2.63. The van der Waals surface area contributed by atoms with E-state index < -0.39 is 0 Å². The zero-order chi connectivity index (χ0) is 12.7. The second kappa shape index (κ2) is 7.40. The molecule has 1 N–H and O–H groups in total. The fraction of sp³-hybridized carbons (Fsp3) is 0.500. The molecule has 1 rings (SSSR count). The third-order valence-electron chi connectivity index (χ3n) is 2.29. The minimum absolute atomic E-state index is 0.0401. The Morgan fingerprint density at radius 2 is 2.35 bits per heavy atom. The number of amides is 1. The number of halogens is 1. The summed E-state index contributed by atoms with van der Waals surface area (Å²) >= 11 is 3.24. The first kappa shape index (κ1) is 14.1. The molecule has 1 unspecified atom stereocenters. The quantitative estimate of drug-likeness (QED) is 0.821. The molecule has 0 aliphatic heterocycles. The number of pyridine rings is 1. The van der Waals surface area contributed by atoms with Gasteiger partial charge in [-0.25, -0.2) is 4.98 Å². The van der Waals surface area contributed by atoms with E-state index in [2.05, 4.69) is 33.2 Å². The van der Waals surface area contributed by atoms with Crippen molar-refractivity contribution in [1.29, 1.82) is 0 Å². The molecule has 0 aliphatic carbocycles. The van der Waals surface area contributed by atoms with Gasteiger partial charge in [0.05, 0.1) is 12.6 Å². The number of hydrogen-bond acceptors (Lipinski definition) is 3. The van der Waals surface area contributed by atoms with E-state index >= 15 is 0 Å².